The van der Waals surface area contributed by atoms with Gasteiger partial charge in [-0.1, -0.05) is 35.6 Å². The molecule has 1 amide bonds. The number of nitrogens with zero attached hydrogens (tertiary/aromatic N) is 3. The number of carbonyl (C=O) groups is 1. The molecule has 0 radical (unpaired) electrons. The topological polar surface area (TPSA) is 85.5 Å². The predicted octanol–water partition coefficient (Wildman–Crippen LogP) is 3.40. The molecule has 0 bridgehead atoms. The average Bonchev–Trinajstić information content (AvgIpc) is 3.35. The molecule has 0 saturated heterocycles. The maximum absolute atomic E-state index is 13.3. The molecule has 0 fully saturated rings. The maximum atomic E-state index is 13.3. The lowest BCUT2D eigenvalue weighted by Gasteiger charge is -2.22. The summed E-state index contributed by atoms with van der Waals surface area (Å²) < 4.78 is 11.1. The van der Waals surface area contributed by atoms with Crippen molar-refractivity contribution in [2.75, 3.05) is 12.0 Å². The highest BCUT2D eigenvalue weighted by Crippen LogP contribution is 2.41. The third kappa shape index (κ3) is 2.35. The number of fused-ring (bicyclic) bond motifs is 2. The second-order valence-corrected chi connectivity index (χ2v) is 7.05. The Morgan fingerprint density at radius 1 is 1.11 bits per heavy atom. The lowest BCUT2D eigenvalue weighted by atomic mass is 9.98. The van der Waals surface area contributed by atoms with Crippen LogP contribution in [0.25, 0.3) is 11.0 Å². The van der Waals surface area contributed by atoms with Crippen LogP contribution in [-0.2, 0) is 0 Å². The summed E-state index contributed by atoms with van der Waals surface area (Å²) in [4.78, 5) is 28.0. The van der Waals surface area contributed by atoms with Gasteiger partial charge in [0.1, 0.15) is 16.8 Å². The first-order chi connectivity index (χ1) is 13.7. The number of rotatable bonds is 3. The van der Waals surface area contributed by atoms with Gasteiger partial charge >= 0.3 is 0 Å². The van der Waals surface area contributed by atoms with Crippen molar-refractivity contribution in [1.82, 2.24) is 10.2 Å². The lowest BCUT2D eigenvalue weighted by molar-refractivity contribution is 0.0970. The van der Waals surface area contributed by atoms with Crippen LogP contribution in [0.4, 0.5) is 5.13 Å². The maximum Gasteiger partial charge on any atom is 0.297 e. The average molecular weight is 391 g/mol. The van der Waals surface area contributed by atoms with Crippen LogP contribution in [0.15, 0.2) is 63.3 Å². The molecular formula is C20H13N3O4S. The van der Waals surface area contributed by atoms with Crippen molar-refractivity contribution in [3.8, 4) is 5.75 Å². The van der Waals surface area contributed by atoms with Crippen LogP contribution in [0.5, 0.6) is 5.75 Å². The Balaban J connectivity index is 1.80. The summed E-state index contributed by atoms with van der Waals surface area (Å²) >= 11 is 1.23. The van der Waals surface area contributed by atoms with Gasteiger partial charge in [0.25, 0.3) is 5.91 Å². The van der Waals surface area contributed by atoms with Gasteiger partial charge in [-0.3, -0.25) is 14.5 Å². The fraction of sp³-hybridized carbons (Fsp3) is 0.100. The van der Waals surface area contributed by atoms with Gasteiger partial charge in [0, 0.05) is 0 Å². The van der Waals surface area contributed by atoms with E-state index in [1.807, 2.05) is 12.1 Å². The Hall–Kier alpha value is -3.52. The number of amides is 1. The van der Waals surface area contributed by atoms with E-state index in [0.717, 1.165) is 5.56 Å². The van der Waals surface area contributed by atoms with Gasteiger partial charge in [0.15, 0.2) is 5.43 Å². The van der Waals surface area contributed by atoms with Crippen LogP contribution in [0.1, 0.15) is 27.7 Å². The number of carbonyl (C=O) groups excluding carboxylic acids is 1. The molecule has 3 heterocycles. The highest BCUT2D eigenvalue weighted by molar-refractivity contribution is 7.13. The van der Waals surface area contributed by atoms with Gasteiger partial charge in [-0.2, -0.15) is 0 Å². The number of hydrogen-bond donors (Lipinski definition) is 0. The summed E-state index contributed by atoms with van der Waals surface area (Å²) in [5.74, 6) is 0.316. The molecule has 0 unspecified atom stereocenters. The summed E-state index contributed by atoms with van der Waals surface area (Å²) in [7, 11) is 1.58. The number of aromatic nitrogens is 2. The normalized spacial score (nSPS) is 15.8. The van der Waals surface area contributed by atoms with Crippen molar-refractivity contribution in [2.24, 2.45) is 0 Å². The summed E-state index contributed by atoms with van der Waals surface area (Å²) in [6.45, 7) is 0. The monoisotopic (exact) mass is 391 g/mol. The van der Waals surface area contributed by atoms with Crippen molar-refractivity contribution in [1.29, 1.82) is 0 Å². The summed E-state index contributed by atoms with van der Waals surface area (Å²) in [5.41, 5.74) is 2.77. The van der Waals surface area contributed by atoms with E-state index < -0.39 is 11.9 Å². The van der Waals surface area contributed by atoms with E-state index in [0.29, 0.717) is 27.4 Å². The van der Waals surface area contributed by atoms with Crippen LogP contribution in [0.3, 0.4) is 0 Å². The van der Waals surface area contributed by atoms with Gasteiger partial charge < -0.3 is 9.15 Å². The Kier molecular flexibility index (Phi) is 3.73. The van der Waals surface area contributed by atoms with E-state index in [1.54, 1.807) is 49.0 Å². The fourth-order valence-electron chi connectivity index (χ4n) is 3.49. The van der Waals surface area contributed by atoms with Crippen LogP contribution in [0, 0.1) is 0 Å². The molecule has 0 spiro atoms. The molecule has 8 heteroatoms. The molecule has 7 nitrogen and oxygen atoms in total. The van der Waals surface area contributed by atoms with E-state index in [-0.39, 0.29) is 11.2 Å². The van der Waals surface area contributed by atoms with E-state index in [1.165, 1.54) is 16.2 Å². The van der Waals surface area contributed by atoms with Crippen LogP contribution >= 0.6 is 11.3 Å². The van der Waals surface area contributed by atoms with Crippen LogP contribution in [-0.4, -0.2) is 23.2 Å². The molecule has 5 rings (SSSR count). The lowest BCUT2D eigenvalue weighted by Crippen LogP contribution is -2.29. The number of ether oxygens (including phenoxy) is 1. The highest BCUT2D eigenvalue weighted by atomic mass is 32.1. The molecule has 1 atom stereocenters. The second kappa shape index (κ2) is 6.28. The van der Waals surface area contributed by atoms with E-state index in [4.69, 9.17) is 9.15 Å². The second-order valence-electron chi connectivity index (χ2n) is 6.24. The predicted molar refractivity (Wildman–Crippen MR) is 104 cm³/mol. The molecule has 2 aromatic heterocycles. The SMILES string of the molecule is COc1ccc([C@H]2c3c(oc4ccccc4c3=O)C(=O)N2c2nncs2)cc1. The van der Waals surface area contributed by atoms with Crippen molar-refractivity contribution >= 4 is 33.3 Å². The molecule has 28 heavy (non-hydrogen) atoms. The minimum Gasteiger partial charge on any atom is -0.497 e. The quantitative estimate of drug-likeness (QED) is 0.532. The molecule has 1 aliphatic heterocycles. The van der Waals surface area contributed by atoms with Gasteiger partial charge in [-0.05, 0) is 29.8 Å². The summed E-state index contributed by atoms with van der Waals surface area (Å²) in [6, 6.07) is 13.5. The minimum absolute atomic E-state index is 0.0414. The molecule has 2 aromatic carbocycles. The molecular weight excluding hydrogens is 378 g/mol. The molecule has 0 N–H and O–H groups in total. The van der Waals surface area contributed by atoms with Crippen molar-refractivity contribution in [2.45, 2.75) is 6.04 Å². The van der Waals surface area contributed by atoms with Crippen LogP contribution in [0.2, 0.25) is 0 Å². The van der Waals surface area contributed by atoms with E-state index >= 15 is 0 Å². The van der Waals surface area contributed by atoms with E-state index in [9.17, 15) is 9.59 Å². The van der Waals surface area contributed by atoms with E-state index in [2.05, 4.69) is 10.2 Å². The summed E-state index contributed by atoms with van der Waals surface area (Å²) in [5, 5.41) is 8.73. The number of hydrogen-bond acceptors (Lipinski definition) is 7. The van der Waals surface area contributed by atoms with Crippen LogP contribution < -0.4 is 15.1 Å². The first kappa shape index (κ1) is 16.6. The largest absolute Gasteiger partial charge is 0.497 e. The molecule has 4 aromatic rings. The zero-order valence-corrected chi connectivity index (χ0v) is 15.5. The Morgan fingerprint density at radius 3 is 2.61 bits per heavy atom. The van der Waals surface area contributed by atoms with Gasteiger partial charge in [-0.25, -0.2) is 0 Å². The third-order valence-corrected chi connectivity index (χ3v) is 5.45. The van der Waals surface area contributed by atoms with Gasteiger partial charge in [0.2, 0.25) is 10.9 Å². The smallest absolute Gasteiger partial charge is 0.297 e. The van der Waals surface area contributed by atoms with Gasteiger partial charge in [0.05, 0.1) is 24.1 Å². The molecule has 0 saturated carbocycles. The number of para-hydroxylation sites is 1. The molecule has 138 valence electrons. The Labute approximate surface area is 162 Å². The van der Waals surface area contributed by atoms with Gasteiger partial charge in [-0.15, -0.1) is 10.2 Å². The van der Waals surface area contributed by atoms with Crippen molar-refractivity contribution in [3.05, 3.63) is 81.2 Å². The fourth-order valence-corrected chi connectivity index (χ4v) is 4.08. The number of methoxy groups -OCH3 is 1. The number of benzene rings is 2. The Bertz CT molecular complexity index is 1250. The van der Waals surface area contributed by atoms with Crippen molar-refractivity contribution < 1.29 is 13.9 Å². The zero-order valence-electron chi connectivity index (χ0n) is 14.7. The number of anilines is 1. The zero-order chi connectivity index (χ0) is 19.3. The molecule has 1 aliphatic rings. The van der Waals surface area contributed by atoms with Crippen molar-refractivity contribution in [3.63, 3.8) is 0 Å². The molecule has 0 aliphatic carbocycles. The minimum atomic E-state index is -0.651. The Morgan fingerprint density at radius 2 is 1.89 bits per heavy atom. The standard InChI is InChI=1S/C20H13N3O4S/c1-26-12-8-6-11(7-9-12)16-15-17(24)13-4-2-3-5-14(13)27-18(15)19(25)23(16)20-22-21-10-28-20/h2-10,16H,1H3/t16-/m0/s1. The first-order valence-corrected chi connectivity index (χ1v) is 9.36. The first-order valence-electron chi connectivity index (χ1n) is 8.48. The summed E-state index contributed by atoms with van der Waals surface area (Å²) in [6.07, 6.45) is 0. The third-order valence-electron chi connectivity index (χ3n) is 4.76. The highest BCUT2D eigenvalue weighted by Gasteiger charge is 2.44.